The lowest BCUT2D eigenvalue weighted by Gasteiger charge is -2.35. The molecule has 2 saturated heterocycles. The zero-order valence-corrected chi connectivity index (χ0v) is 42.8. The number of unbranched alkanes of at least 4 members (excludes halogenated alkanes) is 2. The fraction of sp³-hybridized carbons (Fsp3) is 0.500. The molecular weight excluding hydrogens is 980 g/mol. The molecule has 4 amide bonds. The number of hydrogen-bond donors (Lipinski definition) is 4. The number of aliphatic hydroxyl groups excluding tert-OH is 1. The van der Waals surface area contributed by atoms with Crippen molar-refractivity contribution in [2.75, 3.05) is 55.3 Å². The maximum atomic E-state index is 13.9. The molecule has 0 unspecified atom stereocenters. The number of thioether (sulfide) groups is 1. The Bertz CT molecular complexity index is 2500. The number of benzene rings is 3. The summed E-state index contributed by atoms with van der Waals surface area (Å²) in [5.74, 6) is -0.539. The second kappa shape index (κ2) is 23.8. The maximum Gasteiger partial charge on any atom is 0.423 e. The molecule has 4 N–H and O–H groups in total. The molecule has 3 aromatic carbocycles. The van der Waals surface area contributed by atoms with E-state index in [1.807, 2.05) is 52.0 Å². The smallest absolute Gasteiger partial charge is 0.423 e. The molecule has 3 heterocycles. The molecule has 3 aromatic rings. The quantitative estimate of drug-likeness (QED) is 0.0338. The fourth-order valence-electron chi connectivity index (χ4n) is 8.51. The van der Waals surface area contributed by atoms with Crippen molar-refractivity contribution in [3.63, 3.8) is 0 Å². The minimum atomic E-state index is -5.04. The van der Waals surface area contributed by atoms with Gasteiger partial charge in [-0.05, 0) is 112 Å². The van der Waals surface area contributed by atoms with E-state index in [0.29, 0.717) is 49.8 Å². The van der Waals surface area contributed by atoms with Gasteiger partial charge in [-0.25, -0.2) is 0 Å². The van der Waals surface area contributed by atoms with E-state index in [4.69, 9.17) is 26.4 Å². The number of hydrogen-bond acceptors (Lipinski definition) is 13. The van der Waals surface area contributed by atoms with E-state index < -0.39 is 69.2 Å². The van der Waals surface area contributed by atoms with Crippen LogP contribution in [-0.4, -0.2) is 113 Å². The average molecular weight is 1040 g/mol. The van der Waals surface area contributed by atoms with Gasteiger partial charge in [0.1, 0.15) is 35.5 Å². The number of anilines is 2. The van der Waals surface area contributed by atoms with Gasteiger partial charge in [0.05, 0.1) is 29.2 Å². The molecule has 3 aliphatic rings. The molecule has 3 aliphatic heterocycles. The first-order valence-corrected chi connectivity index (χ1v) is 25.0. The monoisotopic (exact) mass is 1040 g/mol. The van der Waals surface area contributed by atoms with Gasteiger partial charge >= 0.3 is 6.18 Å². The lowest BCUT2D eigenvalue weighted by atomic mass is 9.85. The average Bonchev–Trinajstić information content (AvgIpc) is 3.99. The Morgan fingerprint density at radius 2 is 1.61 bits per heavy atom. The number of likely N-dealkylation sites (tertiary alicyclic amines) is 1. The van der Waals surface area contributed by atoms with Crippen LogP contribution >= 0.6 is 24.0 Å². The predicted octanol–water partition coefficient (Wildman–Crippen LogP) is 7.29. The number of aliphatic hydroxyl groups is 1. The molecule has 17 nitrogen and oxygen atoms in total. The number of ether oxygens (including phenoxy) is 3. The molecule has 6 rings (SSSR count). The van der Waals surface area contributed by atoms with Crippen molar-refractivity contribution in [2.24, 2.45) is 5.41 Å². The topological polar surface area (TPSA) is 205 Å². The summed E-state index contributed by atoms with van der Waals surface area (Å²) in [6.45, 7) is 12.2. The SMILES string of the molecule is CC1=C(c2ccc(CNC(=O)[C@@H]3C[C@@H](O)CN3C(=O)[C@@H](NC(=O)COCCCOCCCCCOc3ccc(N4C(=S)N(c5ccc([N+](=O)[O-])c(C(F)(F)F)c5)C(=O)C4(C)C)cc3)C(C)(C)C)cc2)SCN1. The number of nitrogens with zero attached hydrogens (tertiary/aromatic N) is 4. The van der Waals surface area contributed by atoms with Gasteiger partial charge in [-0.2, -0.15) is 13.2 Å². The van der Waals surface area contributed by atoms with Crippen LogP contribution in [0.15, 0.2) is 72.4 Å². The first kappa shape index (κ1) is 55.5. The standard InChI is InChI=1S/C50H62F3N7O10S2/c1-31-42(72-30-55-31)33-13-11-32(12-14-33)27-54-44(63)40-26-36(61)28-57(40)45(64)43(48(2,3)4)56-41(62)29-69-23-10-22-68-21-8-7-9-24-70-37-18-15-34(16-19-37)59-47(71)58(46(65)49(59,5)6)35-17-20-39(60(66)67)38(25-35)50(51,52)53/h11-20,25,36,40,43,55,61H,7-10,21-24,26-30H2,1-6H3,(H,54,63)(H,56,62)/t36-,40+,43-/m1/s1. The lowest BCUT2D eigenvalue weighted by Crippen LogP contribution is -2.58. The van der Waals surface area contributed by atoms with E-state index in [9.17, 15) is 47.6 Å². The summed E-state index contributed by atoms with van der Waals surface area (Å²) in [4.78, 5) is 69.0. The third-order valence-corrected chi connectivity index (χ3v) is 13.9. The highest BCUT2D eigenvalue weighted by atomic mass is 32.2. The number of nitro groups is 1. The van der Waals surface area contributed by atoms with Crippen LogP contribution in [0.3, 0.4) is 0 Å². The molecule has 72 heavy (non-hydrogen) atoms. The first-order valence-electron chi connectivity index (χ1n) is 23.6. The third-order valence-electron chi connectivity index (χ3n) is 12.4. The number of nitrogens with one attached hydrogen (secondary N) is 3. The van der Waals surface area contributed by atoms with Crippen molar-refractivity contribution in [1.82, 2.24) is 20.9 Å². The van der Waals surface area contributed by atoms with Gasteiger partial charge < -0.3 is 45.1 Å². The highest BCUT2D eigenvalue weighted by molar-refractivity contribution is 8.08. The van der Waals surface area contributed by atoms with Crippen molar-refractivity contribution >= 4 is 74.7 Å². The fourth-order valence-corrected chi connectivity index (χ4v) is 10.1. The zero-order valence-electron chi connectivity index (χ0n) is 41.1. The highest BCUT2D eigenvalue weighted by Crippen LogP contribution is 2.42. The van der Waals surface area contributed by atoms with Crippen LogP contribution in [0.1, 0.15) is 90.3 Å². The summed E-state index contributed by atoms with van der Waals surface area (Å²) < 4.78 is 58.4. The maximum absolute atomic E-state index is 13.9. The molecule has 2 fully saturated rings. The van der Waals surface area contributed by atoms with Crippen LogP contribution in [0, 0.1) is 15.5 Å². The Morgan fingerprint density at radius 1 is 0.958 bits per heavy atom. The van der Waals surface area contributed by atoms with Crippen LogP contribution < -0.4 is 30.5 Å². The van der Waals surface area contributed by atoms with Crippen molar-refractivity contribution in [2.45, 2.75) is 110 Å². The summed E-state index contributed by atoms with van der Waals surface area (Å²) in [6, 6.07) is 15.1. The summed E-state index contributed by atoms with van der Waals surface area (Å²) >= 11 is 7.32. The van der Waals surface area contributed by atoms with Gasteiger partial charge in [0.2, 0.25) is 17.7 Å². The number of amides is 4. The molecule has 0 bridgehead atoms. The molecule has 0 saturated carbocycles. The second-order valence-electron chi connectivity index (χ2n) is 19.3. The van der Waals surface area contributed by atoms with Gasteiger partial charge in [-0.1, -0.05) is 45.0 Å². The third kappa shape index (κ3) is 13.6. The van der Waals surface area contributed by atoms with Crippen LogP contribution in [0.5, 0.6) is 5.75 Å². The second-order valence-corrected chi connectivity index (χ2v) is 20.6. The van der Waals surface area contributed by atoms with E-state index in [2.05, 4.69) is 16.0 Å². The number of halogens is 3. The first-order chi connectivity index (χ1) is 34.0. The molecule has 0 spiro atoms. The van der Waals surface area contributed by atoms with E-state index in [1.165, 1.54) is 14.7 Å². The van der Waals surface area contributed by atoms with Crippen LogP contribution in [0.25, 0.3) is 4.91 Å². The number of rotatable bonds is 22. The Kier molecular flexibility index (Phi) is 18.4. The molecule has 390 valence electrons. The van der Waals surface area contributed by atoms with Crippen LogP contribution in [0.4, 0.5) is 30.2 Å². The number of carbonyl (C=O) groups excluding carboxylic acids is 4. The normalized spacial score (nSPS) is 18.4. The van der Waals surface area contributed by atoms with Gasteiger partial charge in [0, 0.05) is 61.7 Å². The van der Waals surface area contributed by atoms with Gasteiger partial charge in [0.25, 0.3) is 11.6 Å². The minimum absolute atomic E-state index is 0.0304. The van der Waals surface area contributed by atoms with Crippen molar-refractivity contribution in [3.05, 3.63) is 99.2 Å². The number of thiocarbonyl (C=S) groups is 1. The minimum Gasteiger partial charge on any atom is -0.494 e. The van der Waals surface area contributed by atoms with Crippen molar-refractivity contribution < 1.29 is 56.6 Å². The van der Waals surface area contributed by atoms with E-state index in [0.717, 1.165) is 52.9 Å². The number of carbonyl (C=O) groups is 4. The van der Waals surface area contributed by atoms with E-state index in [-0.39, 0.29) is 49.4 Å². The molecule has 22 heteroatoms. The molecular formula is C50H62F3N7O10S2. The predicted molar refractivity (Wildman–Crippen MR) is 271 cm³/mol. The zero-order chi connectivity index (χ0) is 52.5. The summed E-state index contributed by atoms with van der Waals surface area (Å²) in [5.41, 5.74) is -1.25. The van der Waals surface area contributed by atoms with E-state index >= 15 is 0 Å². The summed E-state index contributed by atoms with van der Waals surface area (Å²) in [6.07, 6.45) is -2.96. The largest absolute Gasteiger partial charge is 0.494 e. The highest BCUT2D eigenvalue weighted by Gasteiger charge is 2.51. The lowest BCUT2D eigenvalue weighted by molar-refractivity contribution is -0.388. The Hall–Kier alpha value is -5.81. The summed E-state index contributed by atoms with van der Waals surface area (Å²) in [5, 5.41) is 30.8. The summed E-state index contributed by atoms with van der Waals surface area (Å²) in [7, 11) is 0. The molecule has 0 radical (unpaired) electrons. The van der Waals surface area contributed by atoms with Gasteiger partial charge in [0.15, 0.2) is 5.11 Å². The van der Waals surface area contributed by atoms with Crippen molar-refractivity contribution in [3.8, 4) is 5.75 Å². The molecule has 3 atom stereocenters. The molecule has 0 aromatic heterocycles. The number of allylic oxidation sites excluding steroid dienone is 1. The number of nitro benzene ring substituents is 1. The van der Waals surface area contributed by atoms with Crippen molar-refractivity contribution in [1.29, 1.82) is 0 Å². The van der Waals surface area contributed by atoms with Gasteiger partial charge in [-0.3, -0.25) is 34.2 Å². The Balaban J connectivity index is 0.853. The molecule has 0 aliphatic carbocycles. The van der Waals surface area contributed by atoms with Gasteiger partial charge in [-0.15, -0.1) is 11.8 Å². The van der Waals surface area contributed by atoms with E-state index in [1.54, 1.807) is 49.9 Å². The number of β-amino-alcohol motifs (C(OH)–C–C–N with tert-alkyl or cyclic N) is 1. The van der Waals surface area contributed by atoms with Crippen LogP contribution in [-0.2, 0) is 41.4 Å². The number of alkyl halides is 3. The van der Waals surface area contributed by atoms with Crippen LogP contribution in [0.2, 0.25) is 0 Å². The Morgan fingerprint density at radius 3 is 2.25 bits per heavy atom. The Labute approximate surface area is 426 Å².